The Morgan fingerprint density at radius 2 is 1.41 bits per heavy atom. The number of sulfone groups is 1. The molecular weight excluding hydrogens is 729 g/mol. The van der Waals surface area contributed by atoms with Crippen LogP contribution in [0.2, 0.25) is 0 Å². The fourth-order valence-corrected chi connectivity index (χ4v) is 17.3. The van der Waals surface area contributed by atoms with Crippen molar-refractivity contribution in [1.82, 2.24) is 10.2 Å². The Balaban J connectivity index is 1.02. The third-order valence-corrected chi connectivity index (χ3v) is 21.8. The lowest BCUT2D eigenvalue weighted by Gasteiger charge is -2.73. The number of carbonyl (C=O) groups excluding carboxylic acids is 1. The van der Waals surface area contributed by atoms with Crippen LogP contribution >= 0.6 is 0 Å². The Morgan fingerprint density at radius 3 is 2.02 bits per heavy atom. The zero-order valence-electron chi connectivity index (χ0n) is 35.6. The van der Waals surface area contributed by atoms with E-state index in [1.54, 1.807) is 0 Å². The maximum Gasteiger partial charge on any atom is 0.322 e. The highest BCUT2D eigenvalue weighted by molar-refractivity contribution is 7.91. The van der Waals surface area contributed by atoms with Gasteiger partial charge in [0.15, 0.2) is 9.84 Å². The van der Waals surface area contributed by atoms with Crippen LogP contribution in [-0.2, 0) is 29.0 Å². The van der Waals surface area contributed by atoms with Gasteiger partial charge < -0.3 is 20.3 Å². The normalized spacial score (nSPS) is 47.4. The number of carbonyl (C=O) groups is 3. The average molecular weight is 801 g/mol. The molecule has 10 nitrogen and oxygen atoms in total. The van der Waals surface area contributed by atoms with Crippen molar-refractivity contribution in [3.8, 4) is 0 Å². The van der Waals surface area contributed by atoms with Gasteiger partial charge in [-0.05, 0) is 140 Å². The fraction of sp³-hybridized carbons (Fsp3) is 0.933. The molecular formula is C45H72N2O8S. The first-order chi connectivity index (χ1) is 26.0. The molecule has 1 aliphatic heterocycles. The van der Waals surface area contributed by atoms with Gasteiger partial charge in [-0.25, -0.2) is 8.42 Å². The number of nitrogens with one attached hydrogen (secondary N) is 1. The quantitative estimate of drug-likeness (QED) is 0.207. The molecule has 0 aromatic carbocycles. The summed E-state index contributed by atoms with van der Waals surface area (Å²) in [6, 6.07) is -0.729. The van der Waals surface area contributed by atoms with Crippen molar-refractivity contribution in [2.45, 2.75) is 157 Å². The van der Waals surface area contributed by atoms with E-state index in [1.807, 2.05) is 18.7 Å². The van der Waals surface area contributed by atoms with Gasteiger partial charge in [0.1, 0.15) is 12.1 Å². The molecule has 0 spiro atoms. The minimum atomic E-state index is -3.11. The van der Waals surface area contributed by atoms with Gasteiger partial charge in [-0.1, -0.05) is 55.4 Å². The summed E-state index contributed by atoms with van der Waals surface area (Å²) in [6.45, 7) is 19.8. The summed E-state index contributed by atoms with van der Waals surface area (Å²) in [7, 11) is -3.11. The highest BCUT2D eigenvalue weighted by Crippen LogP contribution is 2.78. The van der Waals surface area contributed by atoms with Crippen molar-refractivity contribution < 1.29 is 37.8 Å². The van der Waals surface area contributed by atoms with Crippen LogP contribution in [0.1, 0.15) is 139 Å². The molecule has 13 atom stereocenters. The Labute approximate surface area is 336 Å². The predicted molar refractivity (Wildman–Crippen MR) is 214 cm³/mol. The Hall–Kier alpha value is -1.72. The molecule has 0 aromatic heterocycles. The molecule has 7 aliphatic carbocycles. The first-order valence-corrected chi connectivity index (χ1v) is 24.1. The van der Waals surface area contributed by atoms with E-state index in [2.05, 4.69) is 46.9 Å². The fourth-order valence-electron chi connectivity index (χ4n) is 16.1. The average Bonchev–Trinajstić information content (AvgIpc) is 3.72. The van der Waals surface area contributed by atoms with Crippen LogP contribution < -0.4 is 5.32 Å². The lowest BCUT2D eigenvalue weighted by molar-refractivity contribution is -0.250. The standard InChI is InChI=1S/C45H72N2O8S/c1-39(2)29(36(48)49)25-30(39)38(52)55-34-13-14-42(6)32(40(34,3)4)12-15-44(8)33(42)10-9-28-35-27(41(5)17-18-41)11-16-45(35,20-19-43(28,44)7)46-26-31(37(50)51)47-21-23-56(53,54)24-22-47/h27-35,46H,9-26H2,1-8H3,(H,48,49)(H,50,51)/t27-,28-,29+,30-,31-,32+,33-,34+,35-,42+,43-,44-,45+/m1/s1. The molecule has 8 fully saturated rings. The lowest BCUT2D eigenvalue weighted by atomic mass is 9.32. The molecule has 0 aromatic rings. The first kappa shape index (κ1) is 41.0. The lowest BCUT2D eigenvalue weighted by Crippen LogP contribution is -2.69. The van der Waals surface area contributed by atoms with Gasteiger partial charge in [-0.2, -0.15) is 0 Å². The summed E-state index contributed by atoms with van der Waals surface area (Å²) in [5.41, 5.74) is -0.0770. The number of carboxylic acid groups (broad SMARTS) is 2. The highest BCUT2D eigenvalue weighted by atomic mass is 32.2. The van der Waals surface area contributed by atoms with Crippen LogP contribution in [0.5, 0.6) is 0 Å². The van der Waals surface area contributed by atoms with E-state index in [4.69, 9.17) is 4.74 Å². The Bertz CT molecular complexity index is 1730. The van der Waals surface area contributed by atoms with Gasteiger partial charge >= 0.3 is 17.9 Å². The van der Waals surface area contributed by atoms with Crippen molar-refractivity contribution in [2.75, 3.05) is 31.1 Å². The Kier molecular flexibility index (Phi) is 9.63. The van der Waals surface area contributed by atoms with Gasteiger partial charge in [-0.3, -0.25) is 19.3 Å². The van der Waals surface area contributed by atoms with Crippen LogP contribution in [0.3, 0.4) is 0 Å². The third-order valence-electron chi connectivity index (χ3n) is 20.2. The molecule has 1 heterocycles. The SMILES string of the molecule is CC1([C@@H]2CC[C@]3(NC[C@H](C(=O)O)N4CCS(=O)(=O)CC4)CC[C@]4(C)[C@H](CC[C@@H]5[C@@]6(C)CC[C@H](OC(=O)[C@H]7C[C@@H](C(=O)O)C7(C)C)C(C)(C)[C@@H]6CC[C@]54C)[C@@H]23)CC1. The van der Waals surface area contributed by atoms with Crippen LogP contribution in [-0.4, -0.2) is 90.3 Å². The Morgan fingerprint density at radius 1 is 0.732 bits per heavy atom. The smallest absolute Gasteiger partial charge is 0.322 e. The second-order valence-corrected chi connectivity index (χ2v) is 25.2. The molecule has 56 heavy (non-hydrogen) atoms. The van der Waals surface area contributed by atoms with Gasteiger partial charge in [0.2, 0.25) is 0 Å². The molecule has 0 bridgehead atoms. The number of esters is 1. The number of fused-ring (bicyclic) bond motifs is 7. The van der Waals surface area contributed by atoms with E-state index in [0.29, 0.717) is 48.0 Å². The van der Waals surface area contributed by atoms with Gasteiger partial charge in [0.05, 0.1) is 23.3 Å². The largest absolute Gasteiger partial charge is 0.481 e. The van der Waals surface area contributed by atoms with E-state index >= 15 is 0 Å². The topological polar surface area (TPSA) is 150 Å². The minimum absolute atomic E-state index is 0.0295. The molecule has 1 saturated heterocycles. The van der Waals surface area contributed by atoms with E-state index in [0.717, 1.165) is 38.5 Å². The number of carboxylic acids is 2. The summed E-state index contributed by atoms with van der Waals surface area (Å²) in [4.78, 5) is 40.1. The second kappa shape index (κ2) is 13.1. The molecule has 11 heteroatoms. The first-order valence-electron chi connectivity index (χ1n) is 22.3. The molecule has 3 N–H and O–H groups in total. The van der Waals surface area contributed by atoms with Crippen molar-refractivity contribution >= 4 is 27.7 Å². The maximum atomic E-state index is 13.6. The van der Waals surface area contributed by atoms with E-state index in [1.165, 1.54) is 38.5 Å². The summed E-state index contributed by atoms with van der Waals surface area (Å²) >= 11 is 0. The van der Waals surface area contributed by atoms with Crippen molar-refractivity contribution in [3.05, 3.63) is 0 Å². The van der Waals surface area contributed by atoms with E-state index in [-0.39, 0.29) is 69.8 Å². The molecule has 0 unspecified atom stereocenters. The summed E-state index contributed by atoms with van der Waals surface area (Å²) in [5.74, 6) is -0.0471. The molecule has 8 rings (SSSR count). The predicted octanol–water partition coefficient (Wildman–Crippen LogP) is 7.05. The summed E-state index contributed by atoms with van der Waals surface area (Å²) in [6.07, 6.45) is 13.8. The number of hydrogen-bond acceptors (Lipinski definition) is 8. The summed E-state index contributed by atoms with van der Waals surface area (Å²) in [5, 5.41) is 24.1. The second-order valence-electron chi connectivity index (χ2n) is 22.9. The number of rotatable bonds is 9. The van der Waals surface area contributed by atoms with Crippen LogP contribution in [0.15, 0.2) is 0 Å². The molecule has 0 radical (unpaired) electrons. The van der Waals surface area contributed by atoms with Crippen molar-refractivity contribution in [1.29, 1.82) is 0 Å². The van der Waals surface area contributed by atoms with Crippen molar-refractivity contribution in [2.24, 2.45) is 73.9 Å². The number of ether oxygens (including phenoxy) is 1. The monoisotopic (exact) mass is 801 g/mol. The van der Waals surface area contributed by atoms with Gasteiger partial charge in [0.25, 0.3) is 0 Å². The number of hydrogen-bond donors (Lipinski definition) is 3. The van der Waals surface area contributed by atoms with Crippen LogP contribution in [0, 0.1) is 73.9 Å². The molecule has 7 saturated carbocycles. The maximum absolute atomic E-state index is 13.6. The molecule has 316 valence electrons. The van der Waals surface area contributed by atoms with Gasteiger partial charge in [0, 0.05) is 30.6 Å². The minimum Gasteiger partial charge on any atom is -0.481 e. The summed E-state index contributed by atoms with van der Waals surface area (Å²) < 4.78 is 30.9. The van der Waals surface area contributed by atoms with E-state index < -0.39 is 39.2 Å². The zero-order chi connectivity index (χ0) is 40.6. The van der Waals surface area contributed by atoms with Gasteiger partial charge in [-0.15, -0.1) is 0 Å². The third kappa shape index (κ3) is 5.93. The van der Waals surface area contributed by atoms with Crippen LogP contribution in [0.4, 0.5) is 0 Å². The molecule has 8 aliphatic rings. The number of nitrogens with zero attached hydrogens (tertiary/aromatic N) is 1. The van der Waals surface area contributed by atoms with Crippen LogP contribution in [0.25, 0.3) is 0 Å². The zero-order valence-corrected chi connectivity index (χ0v) is 36.4. The number of aliphatic carboxylic acids is 2. The van der Waals surface area contributed by atoms with Crippen molar-refractivity contribution in [3.63, 3.8) is 0 Å². The molecule has 0 amide bonds. The van der Waals surface area contributed by atoms with E-state index in [9.17, 15) is 33.0 Å². The highest BCUT2D eigenvalue weighted by Gasteiger charge is 2.72.